The molecule has 0 spiro atoms. The number of hydrogen-bond donors (Lipinski definition) is 3. The fraction of sp³-hybridized carbons (Fsp3) is 0.375. The smallest absolute Gasteiger partial charge is 0.238 e. The first-order valence-corrected chi connectivity index (χ1v) is 15.1. The van der Waals surface area contributed by atoms with Crippen LogP contribution in [0.3, 0.4) is 0 Å². The highest BCUT2D eigenvalue weighted by Crippen LogP contribution is 2.49. The van der Waals surface area contributed by atoms with Gasteiger partial charge < -0.3 is 21.5 Å². The number of aromatic nitrogens is 1. The van der Waals surface area contributed by atoms with E-state index in [2.05, 4.69) is 23.6 Å². The van der Waals surface area contributed by atoms with E-state index in [1.807, 2.05) is 43.0 Å². The second kappa shape index (κ2) is 16.9. The molecule has 1 aliphatic carbocycles. The fourth-order valence-electron chi connectivity index (χ4n) is 5.01. The van der Waals surface area contributed by atoms with Crippen LogP contribution < -0.4 is 11.5 Å². The van der Waals surface area contributed by atoms with E-state index < -0.39 is 10.6 Å². The summed E-state index contributed by atoms with van der Waals surface area (Å²) < 4.78 is 14.5. The lowest BCUT2D eigenvalue weighted by molar-refractivity contribution is -0.134. The van der Waals surface area contributed by atoms with Gasteiger partial charge in [0.05, 0.1) is 5.38 Å². The number of halogens is 2. The summed E-state index contributed by atoms with van der Waals surface area (Å²) in [7, 11) is 1.50. The van der Waals surface area contributed by atoms with Crippen molar-refractivity contribution >= 4 is 35.1 Å². The number of pyridine rings is 1. The van der Waals surface area contributed by atoms with Gasteiger partial charge in [-0.15, -0.1) is 36.2 Å². The third kappa shape index (κ3) is 8.16. The number of benzene rings is 2. The highest BCUT2D eigenvalue weighted by molar-refractivity contribution is 8.01. The van der Waals surface area contributed by atoms with Gasteiger partial charge in [0.15, 0.2) is 0 Å². The minimum atomic E-state index is -0.740. The van der Waals surface area contributed by atoms with Crippen molar-refractivity contribution in [2.75, 3.05) is 12.8 Å². The molecular formula is C32H40ClFN4O2S. The number of anilines is 1. The lowest BCUT2D eigenvalue weighted by atomic mass is 9.93. The summed E-state index contributed by atoms with van der Waals surface area (Å²) in [5, 5.41) is 9.34. The van der Waals surface area contributed by atoms with Gasteiger partial charge in [0, 0.05) is 40.4 Å². The van der Waals surface area contributed by atoms with Gasteiger partial charge in [0.2, 0.25) is 5.91 Å². The molecule has 1 aromatic heterocycles. The third-order valence-electron chi connectivity index (χ3n) is 6.89. The Morgan fingerprint density at radius 3 is 2.37 bits per heavy atom. The number of aromatic hydroxyl groups is 1. The first-order chi connectivity index (χ1) is 19.9. The van der Waals surface area contributed by atoms with Gasteiger partial charge in [0.25, 0.3) is 0 Å². The van der Waals surface area contributed by atoms with Crippen LogP contribution in [0.5, 0.6) is 5.75 Å². The second-order valence-electron chi connectivity index (χ2n) is 9.17. The Balaban J connectivity index is 0.000000921. The molecule has 220 valence electrons. The van der Waals surface area contributed by atoms with Crippen LogP contribution in [0.15, 0.2) is 59.6 Å². The molecule has 1 saturated carbocycles. The number of alkyl halides is 1. The molecule has 1 aliphatic heterocycles. The first-order valence-electron chi connectivity index (χ1n) is 13.8. The van der Waals surface area contributed by atoms with E-state index in [9.17, 15) is 14.3 Å². The molecule has 9 heteroatoms. The van der Waals surface area contributed by atoms with E-state index in [-0.39, 0.29) is 30.1 Å². The number of nitrogens with two attached hydrogens (primary N) is 2. The lowest BCUT2D eigenvalue weighted by Crippen LogP contribution is -2.45. The molecular weight excluding hydrogens is 559 g/mol. The van der Waals surface area contributed by atoms with Gasteiger partial charge in [-0.05, 0) is 61.9 Å². The molecule has 2 atom stereocenters. The van der Waals surface area contributed by atoms with Crippen LogP contribution in [-0.4, -0.2) is 39.2 Å². The summed E-state index contributed by atoms with van der Waals surface area (Å²) in [6.07, 6.45) is 14.7. The monoisotopic (exact) mass is 598 g/mol. The minimum absolute atomic E-state index is 0.0514. The number of amides is 1. The van der Waals surface area contributed by atoms with Crippen molar-refractivity contribution in [3.63, 3.8) is 0 Å². The number of phenols is 1. The number of thioether (sulfide) groups is 1. The van der Waals surface area contributed by atoms with E-state index in [0.717, 1.165) is 43.2 Å². The molecule has 5 rings (SSSR count). The van der Waals surface area contributed by atoms with Crippen LogP contribution in [0.25, 0.3) is 11.1 Å². The molecule has 2 heterocycles. The van der Waals surface area contributed by atoms with Crippen LogP contribution in [0.2, 0.25) is 0 Å². The third-order valence-corrected chi connectivity index (χ3v) is 8.85. The van der Waals surface area contributed by atoms with Crippen molar-refractivity contribution in [2.45, 2.75) is 74.1 Å². The minimum Gasteiger partial charge on any atom is -0.508 e. The summed E-state index contributed by atoms with van der Waals surface area (Å²) in [4.78, 5) is 20.7. The molecule has 1 fully saturated rings. The van der Waals surface area contributed by atoms with Crippen LogP contribution in [0.1, 0.15) is 62.5 Å². The Labute approximate surface area is 252 Å². The molecule has 6 nitrogen and oxygen atoms in total. The molecule has 0 bridgehead atoms. The van der Waals surface area contributed by atoms with Gasteiger partial charge in [0.1, 0.15) is 22.6 Å². The molecule has 2 aliphatic rings. The van der Waals surface area contributed by atoms with Gasteiger partial charge >= 0.3 is 0 Å². The van der Waals surface area contributed by atoms with Crippen molar-refractivity contribution in [1.29, 1.82) is 0 Å². The number of phenolic OH excluding ortho intramolecular Hbond substituents is 1. The zero-order chi connectivity index (χ0) is 30.5. The first kappa shape index (κ1) is 34.0. The maximum Gasteiger partial charge on any atom is 0.238 e. The van der Waals surface area contributed by atoms with E-state index in [1.165, 1.54) is 24.9 Å². The largest absolute Gasteiger partial charge is 0.508 e. The van der Waals surface area contributed by atoms with Gasteiger partial charge in [-0.1, -0.05) is 45.2 Å². The van der Waals surface area contributed by atoms with Crippen LogP contribution in [-0.2, 0) is 11.3 Å². The van der Waals surface area contributed by atoms with Crippen LogP contribution in [0.4, 0.5) is 10.2 Å². The number of rotatable bonds is 5. The molecule has 0 radical (unpaired) electrons. The van der Waals surface area contributed by atoms with E-state index in [0.29, 0.717) is 21.8 Å². The summed E-state index contributed by atoms with van der Waals surface area (Å²) in [6, 6.07) is 13.9. The van der Waals surface area contributed by atoms with Gasteiger partial charge in [-0.25, -0.2) is 9.37 Å². The number of hydrogen-bond acceptors (Lipinski definition) is 6. The Kier molecular flexibility index (Phi) is 14.0. The molecule has 41 heavy (non-hydrogen) atoms. The second-order valence-corrected chi connectivity index (χ2v) is 10.8. The number of carbonyl (C=O) groups excluding carboxylic acids is 1. The standard InChI is InChI=1S/C27H27ClFN3O2S.C2H6.C2H2.CH5N/c28-25-24-20(29)7-4-8-22(24)35-26(25)27(34)32(19-5-2-1-3-6-19)15-18-13-16(9-11-21(18)33)17-10-12-23(30)31-14-17;3*1-2/h4,7-14,19,25-26,33H,1-3,5-6,15H2,(H2,30,31);1-2H3;1-2H;2H2,1H3. The summed E-state index contributed by atoms with van der Waals surface area (Å²) in [5.74, 6) is 0.0685. The number of terminal acetylenes is 1. The van der Waals surface area contributed by atoms with E-state index in [1.54, 1.807) is 24.4 Å². The number of fused-ring (bicyclic) bond motifs is 1. The Morgan fingerprint density at radius 2 is 1.76 bits per heavy atom. The zero-order valence-electron chi connectivity index (χ0n) is 23.9. The molecule has 2 unspecified atom stereocenters. The van der Waals surface area contributed by atoms with Crippen LogP contribution in [0, 0.1) is 18.7 Å². The highest BCUT2D eigenvalue weighted by atomic mass is 35.5. The normalized spacial score (nSPS) is 17.4. The summed E-state index contributed by atoms with van der Waals surface area (Å²) in [5.41, 5.74) is 13.0. The molecule has 0 saturated heterocycles. The number of carbonyl (C=O) groups is 1. The molecule has 5 N–H and O–H groups in total. The average molecular weight is 599 g/mol. The Bertz CT molecular complexity index is 1280. The zero-order valence-corrected chi connectivity index (χ0v) is 25.5. The topological polar surface area (TPSA) is 105 Å². The predicted molar refractivity (Wildman–Crippen MR) is 169 cm³/mol. The van der Waals surface area contributed by atoms with Crippen LogP contribution >= 0.6 is 23.4 Å². The fourth-order valence-corrected chi connectivity index (χ4v) is 6.83. The van der Waals surface area contributed by atoms with Gasteiger partial charge in [-0.2, -0.15) is 0 Å². The summed E-state index contributed by atoms with van der Waals surface area (Å²) >= 11 is 8.00. The van der Waals surface area contributed by atoms with E-state index >= 15 is 0 Å². The van der Waals surface area contributed by atoms with E-state index in [4.69, 9.17) is 17.3 Å². The predicted octanol–water partition coefficient (Wildman–Crippen LogP) is 7.14. The highest BCUT2D eigenvalue weighted by Gasteiger charge is 2.42. The van der Waals surface area contributed by atoms with Crippen molar-refractivity contribution < 1.29 is 14.3 Å². The maximum atomic E-state index is 14.5. The number of nitrogens with zero attached hydrogens (tertiary/aromatic N) is 2. The Hall–Kier alpha value is -3.25. The van der Waals surface area contributed by atoms with Crippen molar-refractivity contribution in [1.82, 2.24) is 9.88 Å². The van der Waals surface area contributed by atoms with Crippen molar-refractivity contribution in [3.05, 3.63) is 71.7 Å². The SMILES string of the molecule is C#C.CC.CN.Nc1ccc(-c2ccc(O)c(CN(C(=O)C3Sc4cccc(F)c4C3Cl)C3CCCCC3)c2)cn1. The molecule has 3 aromatic rings. The summed E-state index contributed by atoms with van der Waals surface area (Å²) in [6.45, 7) is 4.26. The van der Waals surface area contributed by atoms with Gasteiger partial charge in [-0.3, -0.25) is 4.79 Å². The lowest BCUT2D eigenvalue weighted by Gasteiger charge is -2.36. The molecule has 2 aromatic carbocycles. The number of nitrogen functional groups attached to an aromatic ring is 1. The Morgan fingerprint density at radius 1 is 1.10 bits per heavy atom. The molecule has 1 amide bonds. The quantitative estimate of drug-likeness (QED) is 0.213. The van der Waals surface area contributed by atoms with Crippen molar-refractivity contribution in [2.24, 2.45) is 5.73 Å². The maximum absolute atomic E-state index is 14.5. The van der Waals surface area contributed by atoms with Crippen molar-refractivity contribution in [3.8, 4) is 29.7 Å². The average Bonchev–Trinajstić information content (AvgIpc) is 3.37.